The first-order chi connectivity index (χ1) is 8.00. The van der Waals surface area contributed by atoms with Crippen molar-refractivity contribution in [2.45, 2.75) is 13.8 Å². The molecule has 3 heteroatoms. The van der Waals surface area contributed by atoms with Gasteiger partial charge in [-0.05, 0) is 37.1 Å². The maximum atomic E-state index is 13.7. The van der Waals surface area contributed by atoms with E-state index in [1.54, 1.807) is 6.07 Å². The van der Waals surface area contributed by atoms with E-state index >= 15 is 0 Å². The van der Waals surface area contributed by atoms with Crippen LogP contribution in [-0.2, 0) is 0 Å². The molecule has 2 aromatic carbocycles. The molecule has 0 aliphatic carbocycles. The third-order valence-corrected chi connectivity index (χ3v) is 2.73. The predicted octanol–water partition coefficient (Wildman–Crippen LogP) is 3.95. The van der Waals surface area contributed by atoms with Crippen molar-refractivity contribution in [3.63, 3.8) is 0 Å². The molecule has 0 atom stereocenters. The quantitative estimate of drug-likeness (QED) is 0.792. The van der Waals surface area contributed by atoms with E-state index in [-0.39, 0.29) is 5.56 Å². The van der Waals surface area contributed by atoms with Crippen LogP contribution < -0.4 is 0 Å². The van der Waals surface area contributed by atoms with Crippen LogP contribution in [-0.4, -0.2) is 5.11 Å². The molecule has 0 aromatic heterocycles. The van der Waals surface area contributed by atoms with Crippen LogP contribution in [0.4, 0.5) is 8.78 Å². The number of hydrogen-bond acceptors (Lipinski definition) is 1. The van der Waals surface area contributed by atoms with E-state index in [1.807, 2.05) is 26.0 Å². The number of halogens is 2. The lowest BCUT2D eigenvalue weighted by Gasteiger charge is -2.09. The van der Waals surface area contributed by atoms with Crippen molar-refractivity contribution in [2.24, 2.45) is 0 Å². The predicted molar refractivity (Wildman–Crippen MR) is 62.9 cm³/mol. The Balaban J connectivity index is 2.65. The summed E-state index contributed by atoms with van der Waals surface area (Å²) in [6.45, 7) is 3.77. The Morgan fingerprint density at radius 1 is 0.882 bits per heavy atom. The first-order valence-electron chi connectivity index (χ1n) is 5.25. The van der Waals surface area contributed by atoms with Gasteiger partial charge >= 0.3 is 0 Å². The Morgan fingerprint density at radius 3 is 2.18 bits per heavy atom. The lowest BCUT2D eigenvalue weighted by molar-refractivity contribution is 0.408. The molecule has 2 rings (SSSR count). The number of phenols is 1. The highest BCUT2D eigenvalue weighted by atomic mass is 19.2. The van der Waals surface area contributed by atoms with Crippen LogP contribution in [0, 0.1) is 25.5 Å². The van der Waals surface area contributed by atoms with Gasteiger partial charge in [-0.3, -0.25) is 0 Å². The molecule has 0 aliphatic rings. The molecule has 0 spiro atoms. The van der Waals surface area contributed by atoms with Crippen molar-refractivity contribution in [1.82, 2.24) is 0 Å². The van der Waals surface area contributed by atoms with Crippen molar-refractivity contribution in [1.29, 1.82) is 0 Å². The largest absolute Gasteiger partial charge is 0.505 e. The molecule has 1 N–H and O–H groups in total. The number of rotatable bonds is 1. The number of aryl methyl sites for hydroxylation is 2. The van der Waals surface area contributed by atoms with Crippen molar-refractivity contribution in [2.75, 3.05) is 0 Å². The van der Waals surface area contributed by atoms with Gasteiger partial charge in [-0.25, -0.2) is 4.39 Å². The molecule has 0 heterocycles. The van der Waals surface area contributed by atoms with Crippen molar-refractivity contribution >= 4 is 0 Å². The number of aromatic hydroxyl groups is 1. The third-order valence-electron chi connectivity index (χ3n) is 2.73. The number of phenolic OH excluding ortho intramolecular Hbond substituents is 1. The van der Waals surface area contributed by atoms with Crippen molar-refractivity contribution < 1.29 is 13.9 Å². The van der Waals surface area contributed by atoms with Gasteiger partial charge in [-0.2, -0.15) is 4.39 Å². The molecule has 0 radical (unpaired) electrons. The molecule has 88 valence electrons. The Labute approximate surface area is 98.3 Å². The van der Waals surface area contributed by atoms with Crippen LogP contribution in [0.15, 0.2) is 30.3 Å². The van der Waals surface area contributed by atoms with Crippen LogP contribution >= 0.6 is 0 Å². The normalized spacial score (nSPS) is 10.6. The fourth-order valence-electron chi connectivity index (χ4n) is 1.86. The summed E-state index contributed by atoms with van der Waals surface area (Å²) in [7, 11) is 0. The summed E-state index contributed by atoms with van der Waals surface area (Å²) >= 11 is 0. The van der Waals surface area contributed by atoms with E-state index in [1.165, 1.54) is 6.07 Å². The second kappa shape index (κ2) is 4.17. The lowest BCUT2D eigenvalue weighted by Crippen LogP contribution is -1.92. The standard InChI is InChI=1S/C14H12F2O/c1-8-3-4-10(9(2)7-8)11-5-6-12(17)14(16)13(11)15/h3-7,17H,1-2H3. The van der Waals surface area contributed by atoms with Gasteiger partial charge in [0.2, 0.25) is 5.82 Å². The van der Waals surface area contributed by atoms with E-state index in [9.17, 15) is 8.78 Å². The van der Waals surface area contributed by atoms with E-state index in [0.717, 1.165) is 17.2 Å². The van der Waals surface area contributed by atoms with Gasteiger partial charge in [-0.1, -0.05) is 23.8 Å². The Morgan fingerprint density at radius 2 is 1.53 bits per heavy atom. The fraction of sp³-hybridized carbons (Fsp3) is 0.143. The number of hydrogen-bond donors (Lipinski definition) is 1. The maximum Gasteiger partial charge on any atom is 0.200 e. The molecule has 0 aliphatic heterocycles. The molecule has 0 bridgehead atoms. The highest BCUT2D eigenvalue weighted by Crippen LogP contribution is 2.31. The van der Waals surface area contributed by atoms with Gasteiger partial charge in [0.15, 0.2) is 11.6 Å². The zero-order valence-corrected chi connectivity index (χ0v) is 9.59. The summed E-state index contributed by atoms with van der Waals surface area (Å²) in [4.78, 5) is 0. The SMILES string of the molecule is Cc1ccc(-c2ccc(O)c(F)c2F)c(C)c1. The van der Waals surface area contributed by atoms with E-state index < -0.39 is 17.4 Å². The monoisotopic (exact) mass is 234 g/mol. The lowest BCUT2D eigenvalue weighted by atomic mass is 9.98. The average Bonchev–Trinajstić information content (AvgIpc) is 2.28. The summed E-state index contributed by atoms with van der Waals surface area (Å²) in [6.07, 6.45) is 0. The summed E-state index contributed by atoms with van der Waals surface area (Å²) in [5.74, 6) is -2.89. The van der Waals surface area contributed by atoms with Gasteiger partial charge in [-0.15, -0.1) is 0 Å². The molecular weight excluding hydrogens is 222 g/mol. The van der Waals surface area contributed by atoms with Gasteiger partial charge in [0.05, 0.1) is 0 Å². The van der Waals surface area contributed by atoms with Crippen LogP contribution in [0.3, 0.4) is 0 Å². The van der Waals surface area contributed by atoms with E-state index in [4.69, 9.17) is 5.11 Å². The second-order valence-electron chi connectivity index (χ2n) is 4.08. The van der Waals surface area contributed by atoms with Crippen LogP contribution in [0.2, 0.25) is 0 Å². The highest BCUT2D eigenvalue weighted by Gasteiger charge is 2.15. The molecule has 0 saturated carbocycles. The first-order valence-corrected chi connectivity index (χ1v) is 5.25. The Hall–Kier alpha value is -1.90. The summed E-state index contributed by atoms with van der Waals surface area (Å²) in [6, 6.07) is 8.03. The smallest absolute Gasteiger partial charge is 0.200 e. The molecule has 2 aromatic rings. The molecular formula is C14H12F2O. The molecule has 0 saturated heterocycles. The van der Waals surface area contributed by atoms with Crippen LogP contribution in [0.1, 0.15) is 11.1 Å². The Kier molecular flexibility index (Phi) is 2.84. The van der Waals surface area contributed by atoms with Crippen LogP contribution in [0.25, 0.3) is 11.1 Å². The average molecular weight is 234 g/mol. The maximum absolute atomic E-state index is 13.7. The van der Waals surface area contributed by atoms with Gasteiger partial charge < -0.3 is 5.11 Å². The van der Waals surface area contributed by atoms with Gasteiger partial charge in [0, 0.05) is 5.56 Å². The summed E-state index contributed by atoms with van der Waals surface area (Å²) in [5.41, 5.74) is 2.73. The van der Waals surface area contributed by atoms with E-state index in [0.29, 0.717) is 5.56 Å². The molecule has 0 unspecified atom stereocenters. The summed E-state index contributed by atoms with van der Waals surface area (Å²) in [5, 5.41) is 9.07. The van der Waals surface area contributed by atoms with E-state index in [2.05, 4.69) is 0 Å². The molecule has 17 heavy (non-hydrogen) atoms. The van der Waals surface area contributed by atoms with Gasteiger partial charge in [0.1, 0.15) is 0 Å². The second-order valence-corrected chi connectivity index (χ2v) is 4.08. The van der Waals surface area contributed by atoms with Crippen LogP contribution in [0.5, 0.6) is 5.75 Å². The Bertz CT molecular complexity index is 577. The first kappa shape index (κ1) is 11.6. The number of benzene rings is 2. The topological polar surface area (TPSA) is 20.2 Å². The minimum atomic E-state index is -1.21. The third kappa shape index (κ3) is 2.00. The van der Waals surface area contributed by atoms with Crippen molar-refractivity contribution in [3.05, 3.63) is 53.1 Å². The molecule has 0 amide bonds. The highest BCUT2D eigenvalue weighted by molar-refractivity contribution is 5.69. The van der Waals surface area contributed by atoms with Crippen molar-refractivity contribution in [3.8, 4) is 16.9 Å². The van der Waals surface area contributed by atoms with Gasteiger partial charge in [0.25, 0.3) is 0 Å². The fourth-order valence-corrected chi connectivity index (χ4v) is 1.86. The molecule has 0 fully saturated rings. The molecule has 1 nitrogen and oxygen atoms in total. The minimum Gasteiger partial charge on any atom is -0.505 e. The zero-order valence-electron chi connectivity index (χ0n) is 9.59. The zero-order chi connectivity index (χ0) is 12.6. The minimum absolute atomic E-state index is 0.165. The summed E-state index contributed by atoms with van der Waals surface area (Å²) < 4.78 is 27.0.